The summed E-state index contributed by atoms with van der Waals surface area (Å²) in [5, 5.41) is 8.48. The van der Waals surface area contributed by atoms with E-state index in [4.69, 9.17) is 5.11 Å². The van der Waals surface area contributed by atoms with Gasteiger partial charge in [-0.1, -0.05) is 0 Å². The van der Waals surface area contributed by atoms with Crippen molar-refractivity contribution in [3.8, 4) is 0 Å². The van der Waals surface area contributed by atoms with Crippen LogP contribution in [0, 0.1) is 0 Å². The molecule has 0 saturated carbocycles. The van der Waals surface area contributed by atoms with Crippen LogP contribution in [0.2, 0.25) is 0 Å². The normalized spacial score (nSPS) is 10.6. The highest BCUT2D eigenvalue weighted by Gasteiger charge is 2.07. The number of esters is 2. The van der Waals surface area contributed by atoms with Crippen LogP contribution < -0.4 is 0 Å². The molecule has 1 N–H and O–H groups in total. The molecule has 16 heavy (non-hydrogen) atoms. The molecule has 6 nitrogen and oxygen atoms in total. The molecule has 1 unspecified atom stereocenters. The standard InChI is InChI=1S/C5H10O3.C5H8O3/c2*1-3-8-5(7)4(2)6/h4,6H,3H2,1-2H3;3H2,1-2H3. The summed E-state index contributed by atoms with van der Waals surface area (Å²) in [7, 11) is 0. The van der Waals surface area contributed by atoms with E-state index in [2.05, 4.69) is 9.47 Å². The number of aliphatic hydroxyl groups is 1. The molecule has 94 valence electrons. The molecule has 0 bridgehead atoms. The molecule has 0 rings (SSSR count). The van der Waals surface area contributed by atoms with E-state index < -0.39 is 23.8 Å². The van der Waals surface area contributed by atoms with Gasteiger partial charge in [-0.3, -0.25) is 4.79 Å². The topological polar surface area (TPSA) is 89.9 Å². The summed E-state index contributed by atoms with van der Waals surface area (Å²) >= 11 is 0. The lowest BCUT2D eigenvalue weighted by Gasteiger charge is -2.01. The third kappa shape index (κ3) is 10.6. The van der Waals surface area contributed by atoms with Gasteiger partial charge in [0.2, 0.25) is 5.78 Å². The zero-order chi connectivity index (χ0) is 13.1. The van der Waals surface area contributed by atoms with Gasteiger partial charge in [-0.15, -0.1) is 0 Å². The van der Waals surface area contributed by atoms with Crippen molar-refractivity contribution in [1.29, 1.82) is 0 Å². The minimum atomic E-state index is -0.991. The minimum Gasteiger partial charge on any atom is -0.464 e. The van der Waals surface area contributed by atoms with Crippen LogP contribution in [0.4, 0.5) is 0 Å². The molecule has 0 aromatic heterocycles. The SMILES string of the molecule is CCOC(=O)C(C)=O.CCOC(=O)C(C)O. The summed E-state index contributed by atoms with van der Waals surface area (Å²) in [6, 6.07) is 0. The predicted molar refractivity (Wildman–Crippen MR) is 55.6 cm³/mol. The van der Waals surface area contributed by atoms with Gasteiger partial charge in [-0.05, 0) is 20.8 Å². The van der Waals surface area contributed by atoms with Crippen LogP contribution in [0.1, 0.15) is 27.7 Å². The van der Waals surface area contributed by atoms with Crippen LogP contribution in [0.5, 0.6) is 0 Å². The number of Topliss-reactive ketones (excluding diaryl/α,β-unsaturated/α-hetero) is 1. The van der Waals surface area contributed by atoms with E-state index >= 15 is 0 Å². The van der Waals surface area contributed by atoms with Gasteiger partial charge in [0, 0.05) is 6.92 Å². The fourth-order valence-corrected chi connectivity index (χ4v) is 0.496. The lowest BCUT2D eigenvalue weighted by atomic mass is 10.4. The lowest BCUT2D eigenvalue weighted by Crippen LogP contribution is -2.18. The van der Waals surface area contributed by atoms with Crippen LogP contribution in [0.3, 0.4) is 0 Å². The second-order valence-electron chi connectivity index (χ2n) is 2.70. The Labute approximate surface area is 94.5 Å². The molecule has 0 aliphatic rings. The summed E-state index contributed by atoms with van der Waals surface area (Å²) in [5.74, 6) is -1.87. The summed E-state index contributed by atoms with van der Waals surface area (Å²) in [4.78, 5) is 30.5. The molecule has 0 radical (unpaired) electrons. The highest BCUT2D eigenvalue weighted by molar-refractivity contribution is 6.32. The van der Waals surface area contributed by atoms with Crippen molar-refractivity contribution in [3.63, 3.8) is 0 Å². The Bertz CT molecular complexity index is 233. The van der Waals surface area contributed by atoms with Gasteiger partial charge in [-0.2, -0.15) is 0 Å². The molecule has 0 fully saturated rings. The smallest absolute Gasteiger partial charge is 0.374 e. The second kappa shape index (κ2) is 10.1. The van der Waals surface area contributed by atoms with E-state index in [0.29, 0.717) is 6.61 Å². The largest absolute Gasteiger partial charge is 0.464 e. The number of carbonyl (C=O) groups excluding carboxylic acids is 3. The molecule has 6 heteroatoms. The fourth-order valence-electron chi connectivity index (χ4n) is 0.496. The van der Waals surface area contributed by atoms with Crippen molar-refractivity contribution in [2.24, 2.45) is 0 Å². The van der Waals surface area contributed by atoms with E-state index in [1.54, 1.807) is 13.8 Å². The highest BCUT2D eigenvalue weighted by atomic mass is 16.5. The maximum absolute atomic E-state index is 10.3. The molecular formula is C10H18O6. The first kappa shape index (κ1) is 17.0. The van der Waals surface area contributed by atoms with Gasteiger partial charge in [0.15, 0.2) is 0 Å². The van der Waals surface area contributed by atoms with Gasteiger partial charge in [0.25, 0.3) is 0 Å². The van der Waals surface area contributed by atoms with Crippen molar-refractivity contribution in [3.05, 3.63) is 0 Å². The Kier molecular flexibility index (Phi) is 10.7. The van der Waals surface area contributed by atoms with E-state index in [1.807, 2.05) is 0 Å². The monoisotopic (exact) mass is 234 g/mol. The van der Waals surface area contributed by atoms with E-state index in [9.17, 15) is 14.4 Å². The van der Waals surface area contributed by atoms with Crippen LogP contribution in [0.15, 0.2) is 0 Å². The summed E-state index contributed by atoms with van der Waals surface area (Å²) in [5.41, 5.74) is 0. The van der Waals surface area contributed by atoms with Crippen molar-refractivity contribution < 1.29 is 29.0 Å². The number of carbonyl (C=O) groups is 3. The number of aliphatic hydroxyl groups excluding tert-OH is 1. The number of ketones is 1. The molecule has 0 aliphatic heterocycles. The second-order valence-corrected chi connectivity index (χ2v) is 2.70. The molecule has 1 atom stereocenters. The third-order valence-electron chi connectivity index (χ3n) is 1.19. The van der Waals surface area contributed by atoms with Gasteiger partial charge in [-0.25, -0.2) is 9.59 Å². The average molecular weight is 234 g/mol. The number of rotatable bonds is 4. The number of hydrogen-bond donors (Lipinski definition) is 1. The third-order valence-corrected chi connectivity index (χ3v) is 1.19. The van der Waals surface area contributed by atoms with Gasteiger partial charge in [0.1, 0.15) is 6.10 Å². The molecule has 0 saturated heterocycles. The van der Waals surface area contributed by atoms with Crippen molar-refractivity contribution in [2.75, 3.05) is 13.2 Å². The Hall–Kier alpha value is -1.43. The molecule has 0 aromatic rings. The Morgan fingerprint density at radius 3 is 1.69 bits per heavy atom. The van der Waals surface area contributed by atoms with E-state index in [-0.39, 0.29) is 6.61 Å². The van der Waals surface area contributed by atoms with Crippen LogP contribution >= 0.6 is 0 Å². The van der Waals surface area contributed by atoms with E-state index in [0.717, 1.165) is 0 Å². The molecule has 0 spiro atoms. The van der Waals surface area contributed by atoms with Gasteiger partial charge >= 0.3 is 11.9 Å². The maximum atomic E-state index is 10.3. The first-order valence-electron chi connectivity index (χ1n) is 4.89. The fraction of sp³-hybridized carbons (Fsp3) is 0.700. The molecule has 0 amide bonds. The zero-order valence-electron chi connectivity index (χ0n) is 9.98. The van der Waals surface area contributed by atoms with Crippen molar-refractivity contribution in [2.45, 2.75) is 33.8 Å². The Balaban J connectivity index is 0. The average Bonchev–Trinajstić information content (AvgIpc) is 2.19. The highest BCUT2D eigenvalue weighted by Crippen LogP contribution is 1.84. The molecular weight excluding hydrogens is 216 g/mol. The number of ether oxygens (including phenoxy) is 2. The van der Waals surface area contributed by atoms with Crippen molar-refractivity contribution >= 4 is 17.7 Å². The minimum absolute atomic E-state index is 0.262. The Morgan fingerprint density at radius 2 is 1.56 bits per heavy atom. The van der Waals surface area contributed by atoms with Gasteiger partial charge in [0.05, 0.1) is 13.2 Å². The summed E-state index contributed by atoms with van der Waals surface area (Å²) < 4.78 is 8.73. The zero-order valence-corrected chi connectivity index (χ0v) is 9.98. The summed E-state index contributed by atoms with van der Waals surface area (Å²) in [6.45, 7) is 6.49. The lowest BCUT2D eigenvalue weighted by molar-refractivity contribution is -0.152. The first-order chi connectivity index (χ1) is 7.36. The predicted octanol–water partition coefficient (Wildman–Crippen LogP) is 0.0688. The van der Waals surface area contributed by atoms with Crippen LogP contribution in [-0.2, 0) is 23.9 Å². The van der Waals surface area contributed by atoms with Crippen LogP contribution in [0.25, 0.3) is 0 Å². The Morgan fingerprint density at radius 1 is 1.12 bits per heavy atom. The first-order valence-corrected chi connectivity index (χ1v) is 4.89. The molecule has 0 aliphatic carbocycles. The molecule has 0 aromatic carbocycles. The summed E-state index contributed by atoms with van der Waals surface area (Å²) in [6.07, 6.45) is -0.991. The van der Waals surface area contributed by atoms with Crippen molar-refractivity contribution in [1.82, 2.24) is 0 Å². The number of hydrogen-bond acceptors (Lipinski definition) is 6. The van der Waals surface area contributed by atoms with E-state index in [1.165, 1.54) is 13.8 Å². The van der Waals surface area contributed by atoms with Gasteiger partial charge < -0.3 is 14.6 Å². The van der Waals surface area contributed by atoms with Crippen LogP contribution in [-0.4, -0.2) is 42.1 Å². The molecule has 0 heterocycles. The quantitative estimate of drug-likeness (QED) is 0.546. The maximum Gasteiger partial charge on any atom is 0.374 e.